The van der Waals surface area contributed by atoms with Crippen LogP contribution in [0.3, 0.4) is 0 Å². The van der Waals surface area contributed by atoms with Gasteiger partial charge in [0.2, 0.25) is 11.7 Å². The molecule has 26 heavy (non-hydrogen) atoms. The van der Waals surface area contributed by atoms with Crippen LogP contribution in [0.15, 0.2) is 30.3 Å². The van der Waals surface area contributed by atoms with E-state index in [4.69, 9.17) is 14.9 Å². The van der Waals surface area contributed by atoms with Crippen molar-refractivity contribution in [2.24, 2.45) is 16.7 Å². The third kappa shape index (κ3) is 2.08. The molecule has 2 bridgehead atoms. The van der Waals surface area contributed by atoms with Gasteiger partial charge in [-0.2, -0.15) is 15.8 Å². The Bertz CT molecular complexity index is 833. The highest BCUT2D eigenvalue weighted by molar-refractivity contribution is 5.89. The van der Waals surface area contributed by atoms with Gasteiger partial charge in [-0.15, -0.1) is 0 Å². The second-order valence-electron chi connectivity index (χ2n) is 6.99. The van der Waals surface area contributed by atoms with E-state index in [9.17, 15) is 15.8 Å². The number of hydrogen-bond acceptors (Lipinski definition) is 6. The number of nitrogens with one attached hydrogen (secondary N) is 1. The molecule has 1 N–H and O–H groups in total. The number of fused-ring (bicyclic) bond motifs is 2. The zero-order chi connectivity index (χ0) is 19.0. The molecule has 0 aromatic heterocycles. The van der Waals surface area contributed by atoms with Gasteiger partial charge in [-0.25, -0.2) is 0 Å². The Morgan fingerprint density at radius 3 is 2.31 bits per heavy atom. The van der Waals surface area contributed by atoms with Gasteiger partial charge >= 0.3 is 0 Å². The summed E-state index contributed by atoms with van der Waals surface area (Å²) < 4.78 is 11.8. The van der Waals surface area contributed by atoms with Crippen LogP contribution in [-0.2, 0) is 15.9 Å². The van der Waals surface area contributed by atoms with Crippen molar-refractivity contribution in [3.8, 4) is 18.2 Å². The number of rotatable bonds is 4. The first-order valence-corrected chi connectivity index (χ1v) is 8.67. The van der Waals surface area contributed by atoms with Gasteiger partial charge in [-0.3, -0.25) is 5.41 Å². The average Bonchev–Trinajstić information content (AvgIpc) is 2.83. The summed E-state index contributed by atoms with van der Waals surface area (Å²) in [5.74, 6) is -2.07. The van der Waals surface area contributed by atoms with Gasteiger partial charge in [0.15, 0.2) is 10.8 Å². The molecular weight excluding hydrogens is 328 g/mol. The number of nitriles is 3. The maximum absolute atomic E-state index is 10.0. The van der Waals surface area contributed by atoms with E-state index >= 15 is 0 Å². The van der Waals surface area contributed by atoms with E-state index in [0.29, 0.717) is 19.3 Å². The number of benzene rings is 1. The van der Waals surface area contributed by atoms with Crippen LogP contribution in [0.4, 0.5) is 0 Å². The molecule has 132 valence electrons. The molecular formula is C20H20N4O2. The van der Waals surface area contributed by atoms with Gasteiger partial charge in [0.1, 0.15) is 0 Å². The summed E-state index contributed by atoms with van der Waals surface area (Å²) in [4.78, 5) is 0. The fourth-order valence-electron chi connectivity index (χ4n) is 4.55. The van der Waals surface area contributed by atoms with Gasteiger partial charge in [-0.1, -0.05) is 37.3 Å². The second-order valence-corrected chi connectivity index (χ2v) is 6.99. The number of hydrogen-bond donors (Lipinski definition) is 1. The summed E-state index contributed by atoms with van der Waals surface area (Å²) in [7, 11) is 0. The van der Waals surface area contributed by atoms with E-state index in [1.165, 1.54) is 0 Å². The lowest BCUT2D eigenvalue weighted by Gasteiger charge is -2.48. The molecule has 1 aromatic carbocycles. The van der Waals surface area contributed by atoms with Crippen molar-refractivity contribution < 1.29 is 9.47 Å². The highest BCUT2D eigenvalue weighted by atomic mass is 16.7. The Hall–Kier alpha value is -2.88. The standard InChI is InChI=1S/C20H20N4O2/c1-3-15-18(2)25-16(10-9-14-7-5-4-6-8-14)19(11-21,12-22)20(15,13-23)17(24)26-18/h4-8,15-16,24H,3,9-10H2,1-2H3. The van der Waals surface area contributed by atoms with Crippen LogP contribution in [-0.4, -0.2) is 17.8 Å². The highest BCUT2D eigenvalue weighted by Gasteiger charge is 2.78. The molecule has 0 radical (unpaired) electrons. The normalized spacial score (nSPS) is 34.2. The Labute approximate surface area is 153 Å². The summed E-state index contributed by atoms with van der Waals surface area (Å²) in [5, 5.41) is 38.3. The van der Waals surface area contributed by atoms with E-state index in [-0.39, 0.29) is 5.90 Å². The summed E-state index contributed by atoms with van der Waals surface area (Å²) in [6.07, 6.45) is 0.617. The molecule has 6 nitrogen and oxygen atoms in total. The number of nitrogens with zero attached hydrogens (tertiary/aromatic N) is 3. The molecule has 0 aliphatic carbocycles. The first-order chi connectivity index (χ1) is 12.4. The van der Waals surface area contributed by atoms with Crippen LogP contribution in [0, 0.1) is 56.2 Å². The van der Waals surface area contributed by atoms with Crippen LogP contribution < -0.4 is 0 Å². The minimum absolute atomic E-state index is 0.334. The van der Waals surface area contributed by atoms with Gasteiger partial charge < -0.3 is 9.47 Å². The zero-order valence-corrected chi connectivity index (χ0v) is 14.8. The summed E-state index contributed by atoms with van der Waals surface area (Å²) in [6.45, 7) is 3.55. The van der Waals surface area contributed by atoms with Crippen molar-refractivity contribution in [1.29, 1.82) is 21.2 Å². The Morgan fingerprint density at radius 2 is 1.77 bits per heavy atom. The van der Waals surface area contributed by atoms with E-state index < -0.39 is 28.6 Å². The van der Waals surface area contributed by atoms with Crippen LogP contribution in [0.5, 0.6) is 0 Å². The largest absolute Gasteiger partial charge is 0.448 e. The maximum atomic E-state index is 10.0. The van der Waals surface area contributed by atoms with Crippen molar-refractivity contribution in [3.63, 3.8) is 0 Å². The van der Waals surface area contributed by atoms with Crippen LogP contribution in [0.1, 0.15) is 32.3 Å². The number of aryl methyl sites for hydroxylation is 1. The third-order valence-corrected chi connectivity index (χ3v) is 5.78. The monoisotopic (exact) mass is 348 g/mol. The minimum Gasteiger partial charge on any atom is -0.448 e. The van der Waals surface area contributed by atoms with E-state index in [0.717, 1.165) is 5.56 Å². The topological polar surface area (TPSA) is 114 Å². The van der Waals surface area contributed by atoms with Crippen molar-refractivity contribution in [1.82, 2.24) is 0 Å². The van der Waals surface area contributed by atoms with E-state index in [2.05, 4.69) is 18.2 Å². The van der Waals surface area contributed by atoms with Gasteiger partial charge in [0, 0.05) is 6.92 Å². The molecule has 4 unspecified atom stereocenters. The van der Waals surface area contributed by atoms with Crippen molar-refractivity contribution in [2.45, 2.75) is 45.0 Å². The highest BCUT2D eigenvalue weighted by Crippen LogP contribution is 2.63. The van der Waals surface area contributed by atoms with E-state index in [1.54, 1.807) is 6.92 Å². The quantitative estimate of drug-likeness (QED) is 0.896. The molecule has 0 saturated carbocycles. The fourth-order valence-corrected chi connectivity index (χ4v) is 4.55. The maximum Gasteiger partial charge on any atom is 0.214 e. The molecule has 3 rings (SSSR count). The lowest BCUT2D eigenvalue weighted by Crippen LogP contribution is -2.61. The number of ether oxygens (including phenoxy) is 2. The molecule has 2 heterocycles. The first kappa shape index (κ1) is 17.9. The molecule has 0 spiro atoms. The molecule has 2 aliphatic rings. The summed E-state index contributed by atoms with van der Waals surface area (Å²) in [5.41, 5.74) is -2.36. The predicted octanol–water partition coefficient (Wildman–Crippen LogP) is 3.31. The van der Waals surface area contributed by atoms with E-state index in [1.807, 2.05) is 37.3 Å². The SMILES string of the molecule is CCC1C2(C)OC(=N)C1(C#N)C(C#N)(C#N)C(CCc1ccccc1)O2. The van der Waals surface area contributed by atoms with Crippen molar-refractivity contribution in [3.05, 3.63) is 35.9 Å². The molecule has 2 saturated heterocycles. The van der Waals surface area contributed by atoms with Crippen LogP contribution in [0.25, 0.3) is 0 Å². The summed E-state index contributed by atoms with van der Waals surface area (Å²) in [6, 6.07) is 15.9. The molecule has 4 atom stereocenters. The second kappa shape index (κ2) is 6.13. The minimum atomic E-state index is -1.79. The zero-order valence-electron chi connectivity index (χ0n) is 14.8. The fraction of sp³-hybridized carbons (Fsp3) is 0.500. The van der Waals surface area contributed by atoms with Crippen LogP contribution >= 0.6 is 0 Å². The Kier molecular flexibility index (Phi) is 4.23. The van der Waals surface area contributed by atoms with Gasteiger partial charge in [0.05, 0.1) is 30.2 Å². The molecule has 1 aromatic rings. The molecule has 0 amide bonds. The first-order valence-electron chi connectivity index (χ1n) is 8.67. The lowest BCUT2D eigenvalue weighted by atomic mass is 9.53. The van der Waals surface area contributed by atoms with Crippen molar-refractivity contribution in [2.75, 3.05) is 0 Å². The van der Waals surface area contributed by atoms with Gasteiger partial charge in [0.25, 0.3) is 0 Å². The van der Waals surface area contributed by atoms with Crippen molar-refractivity contribution >= 4 is 5.90 Å². The molecule has 2 aliphatic heterocycles. The smallest absolute Gasteiger partial charge is 0.214 e. The van der Waals surface area contributed by atoms with Crippen LogP contribution in [0.2, 0.25) is 0 Å². The third-order valence-electron chi connectivity index (χ3n) is 5.78. The predicted molar refractivity (Wildman–Crippen MR) is 92.3 cm³/mol. The molecule has 6 heteroatoms. The average molecular weight is 348 g/mol. The van der Waals surface area contributed by atoms with Gasteiger partial charge in [-0.05, 0) is 24.8 Å². The Balaban J connectivity index is 2.07. The lowest BCUT2D eigenvalue weighted by molar-refractivity contribution is -0.271. The Morgan fingerprint density at radius 1 is 1.12 bits per heavy atom. The summed E-state index contributed by atoms with van der Waals surface area (Å²) >= 11 is 0. The molecule has 2 fully saturated rings.